The summed E-state index contributed by atoms with van der Waals surface area (Å²) in [6.07, 6.45) is 8.42. The van der Waals surface area contributed by atoms with E-state index in [1.54, 1.807) is 20.3 Å². The molecule has 8 nitrogen and oxygen atoms in total. The molecule has 0 radical (unpaired) electrons. The number of rotatable bonds is 9. The summed E-state index contributed by atoms with van der Waals surface area (Å²) < 4.78 is 10.9. The lowest BCUT2D eigenvalue weighted by molar-refractivity contribution is -0.133. The van der Waals surface area contributed by atoms with Crippen molar-refractivity contribution in [3.8, 4) is 11.5 Å². The summed E-state index contributed by atoms with van der Waals surface area (Å²) in [6, 6.07) is 14.0. The zero-order valence-corrected chi connectivity index (χ0v) is 24.0. The van der Waals surface area contributed by atoms with Crippen molar-refractivity contribution in [1.29, 1.82) is 0 Å². The maximum Gasteiger partial charge on any atom is 0.227 e. The first-order valence-electron chi connectivity index (χ1n) is 14.2. The van der Waals surface area contributed by atoms with Gasteiger partial charge in [0, 0.05) is 30.6 Å². The summed E-state index contributed by atoms with van der Waals surface area (Å²) in [5.41, 5.74) is 10.1. The summed E-state index contributed by atoms with van der Waals surface area (Å²) >= 11 is 0. The lowest BCUT2D eigenvalue weighted by atomic mass is 9.72. The Morgan fingerprint density at radius 1 is 1.07 bits per heavy atom. The van der Waals surface area contributed by atoms with Crippen LogP contribution in [-0.4, -0.2) is 49.2 Å². The molecule has 8 heteroatoms. The molecule has 2 heterocycles. The quantitative estimate of drug-likeness (QED) is 0.366. The number of carbonyl (C=O) groups is 1. The lowest BCUT2D eigenvalue weighted by Crippen LogP contribution is -2.52. The highest BCUT2D eigenvalue weighted by atomic mass is 16.5. The Bertz CT molecular complexity index is 1480. The number of allylic oxidation sites excluding steroid dienone is 3. The van der Waals surface area contributed by atoms with Crippen LogP contribution < -0.4 is 25.4 Å². The van der Waals surface area contributed by atoms with E-state index in [9.17, 15) is 4.79 Å². The number of nitrogens with two attached hydrogens (primary N) is 1. The van der Waals surface area contributed by atoms with Crippen LogP contribution in [0.5, 0.6) is 11.5 Å². The molecule has 1 fully saturated rings. The molecule has 1 aliphatic heterocycles. The molecule has 214 valence electrons. The van der Waals surface area contributed by atoms with Gasteiger partial charge in [-0.2, -0.15) is 4.98 Å². The van der Waals surface area contributed by atoms with E-state index in [4.69, 9.17) is 20.2 Å². The summed E-state index contributed by atoms with van der Waals surface area (Å²) in [5.74, 6) is 2.21. The summed E-state index contributed by atoms with van der Waals surface area (Å²) in [5, 5.41) is 4.13. The second-order valence-corrected chi connectivity index (χ2v) is 10.9. The van der Waals surface area contributed by atoms with Crippen molar-refractivity contribution in [2.45, 2.75) is 44.6 Å². The molecular formula is C33H39N5O3. The fraction of sp³-hybridized carbons (Fsp3) is 0.364. The number of benzene rings is 2. The van der Waals surface area contributed by atoms with Gasteiger partial charge in [-0.1, -0.05) is 55.6 Å². The van der Waals surface area contributed by atoms with Crippen molar-refractivity contribution < 1.29 is 14.3 Å². The Balaban J connectivity index is 1.38. The molecule has 2 aliphatic rings. The molecule has 2 aromatic carbocycles. The van der Waals surface area contributed by atoms with Gasteiger partial charge in [-0.25, -0.2) is 4.98 Å². The van der Waals surface area contributed by atoms with Crippen LogP contribution in [0.2, 0.25) is 0 Å². The third-order valence-electron chi connectivity index (χ3n) is 8.56. The topological polar surface area (TPSA) is 103 Å². The van der Waals surface area contributed by atoms with Gasteiger partial charge in [-0.05, 0) is 61.3 Å². The zero-order chi connectivity index (χ0) is 29.0. The van der Waals surface area contributed by atoms with Gasteiger partial charge in [0.1, 0.15) is 5.82 Å². The highest BCUT2D eigenvalue weighted by Gasteiger charge is 2.43. The van der Waals surface area contributed by atoms with Crippen LogP contribution in [-0.2, 0) is 11.2 Å². The Morgan fingerprint density at radius 3 is 2.41 bits per heavy atom. The van der Waals surface area contributed by atoms with Gasteiger partial charge in [0.2, 0.25) is 11.9 Å². The van der Waals surface area contributed by atoms with Crippen LogP contribution in [0.15, 0.2) is 78.9 Å². The molecule has 1 aromatic heterocycles. The van der Waals surface area contributed by atoms with Crippen LogP contribution in [0, 0.1) is 5.41 Å². The smallest absolute Gasteiger partial charge is 0.227 e. The normalized spacial score (nSPS) is 18.6. The molecule has 0 bridgehead atoms. The number of ether oxygens (including phenoxy) is 2. The van der Waals surface area contributed by atoms with Crippen molar-refractivity contribution in [2.24, 2.45) is 5.41 Å². The van der Waals surface area contributed by atoms with Gasteiger partial charge in [0.25, 0.3) is 0 Å². The van der Waals surface area contributed by atoms with Crippen molar-refractivity contribution >= 4 is 28.6 Å². The molecule has 1 amide bonds. The number of carbonyl (C=O) groups excluding carboxylic acids is 1. The number of hydrogen-bond donors (Lipinski definition) is 2. The lowest BCUT2D eigenvalue weighted by Gasteiger charge is -2.42. The standard InChI is InChI=1S/C33H39N5O3/c1-5-23-12-13-25(18-24(23)6-2)35-31(39)33(21-22-10-8-7-9-11-22)14-16-38(17-15-33)32-36-27-20-29(41-4)28(40-3)19-26(27)30(34)37-32/h5-11,19-20,25H,1-2,12-18,21H2,3-4H3,(H,35,39)(H2,34,36,37). The van der Waals surface area contributed by atoms with Crippen LogP contribution in [0.4, 0.5) is 11.8 Å². The number of aromatic nitrogens is 2. The second kappa shape index (κ2) is 12.0. The average molecular weight is 554 g/mol. The van der Waals surface area contributed by atoms with E-state index in [-0.39, 0.29) is 11.9 Å². The van der Waals surface area contributed by atoms with Gasteiger partial charge < -0.3 is 25.4 Å². The van der Waals surface area contributed by atoms with Gasteiger partial charge >= 0.3 is 0 Å². The van der Waals surface area contributed by atoms with Gasteiger partial charge in [0.15, 0.2) is 11.5 Å². The monoisotopic (exact) mass is 553 g/mol. The maximum atomic E-state index is 14.1. The van der Waals surface area contributed by atoms with Crippen LogP contribution in [0.1, 0.15) is 37.7 Å². The van der Waals surface area contributed by atoms with E-state index >= 15 is 0 Å². The van der Waals surface area contributed by atoms with Gasteiger partial charge in [-0.3, -0.25) is 4.79 Å². The molecule has 1 aliphatic carbocycles. The Labute approximate surface area is 242 Å². The minimum atomic E-state index is -0.534. The highest BCUT2D eigenvalue weighted by Crippen LogP contribution is 2.39. The first-order chi connectivity index (χ1) is 19.9. The van der Waals surface area contributed by atoms with Crippen molar-refractivity contribution in [3.63, 3.8) is 0 Å². The fourth-order valence-corrected chi connectivity index (χ4v) is 6.11. The summed E-state index contributed by atoms with van der Waals surface area (Å²) in [6.45, 7) is 9.20. The number of nitrogen functional groups attached to an aromatic ring is 1. The molecule has 0 saturated carbocycles. The molecular weight excluding hydrogens is 514 g/mol. The average Bonchev–Trinajstić information content (AvgIpc) is 3.01. The predicted octanol–water partition coefficient (Wildman–Crippen LogP) is 5.40. The Kier molecular flexibility index (Phi) is 8.28. The van der Waals surface area contributed by atoms with E-state index in [0.29, 0.717) is 66.5 Å². The molecule has 41 heavy (non-hydrogen) atoms. The molecule has 5 rings (SSSR count). The Hall–Kier alpha value is -4.33. The second-order valence-electron chi connectivity index (χ2n) is 10.9. The fourth-order valence-electron chi connectivity index (χ4n) is 6.11. The van der Waals surface area contributed by atoms with E-state index < -0.39 is 5.41 Å². The number of piperidine rings is 1. The largest absolute Gasteiger partial charge is 0.493 e. The minimum Gasteiger partial charge on any atom is -0.493 e. The molecule has 3 aromatic rings. The van der Waals surface area contributed by atoms with Crippen LogP contribution in [0.3, 0.4) is 0 Å². The minimum absolute atomic E-state index is 0.0838. The van der Waals surface area contributed by atoms with Crippen molar-refractivity contribution in [2.75, 3.05) is 37.9 Å². The Morgan fingerprint density at radius 2 is 1.76 bits per heavy atom. The molecule has 1 unspecified atom stereocenters. The van der Waals surface area contributed by atoms with Gasteiger partial charge in [-0.15, -0.1) is 0 Å². The van der Waals surface area contributed by atoms with E-state index in [2.05, 4.69) is 40.5 Å². The number of nitrogens with zero attached hydrogens (tertiary/aromatic N) is 3. The van der Waals surface area contributed by atoms with E-state index in [1.807, 2.05) is 36.4 Å². The number of methoxy groups -OCH3 is 2. The number of nitrogens with one attached hydrogen (secondary N) is 1. The zero-order valence-electron chi connectivity index (χ0n) is 24.0. The maximum absolute atomic E-state index is 14.1. The third-order valence-corrected chi connectivity index (χ3v) is 8.56. The highest BCUT2D eigenvalue weighted by molar-refractivity contribution is 5.92. The number of fused-ring (bicyclic) bond motifs is 1. The third kappa shape index (κ3) is 5.78. The van der Waals surface area contributed by atoms with E-state index in [1.165, 1.54) is 11.1 Å². The first-order valence-corrected chi connectivity index (χ1v) is 14.2. The number of anilines is 2. The molecule has 3 N–H and O–H groups in total. The first kappa shape index (κ1) is 28.2. The predicted molar refractivity (Wildman–Crippen MR) is 164 cm³/mol. The van der Waals surface area contributed by atoms with Crippen LogP contribution in [0.25, 0.3) is 10.9 Å². The summed E-state index contributed by atoms with van der Waals surface area (Å²) in [7, 11) is 3.18. The molecule has 0 spiro atoms. The van der Waals surface area contributed by atoms with Crippen LogP contribution >= 0.6 is 0 Å². The number of hydrogen-bond acceptors (Lipinski definition) is 7. The molecule has 1 atom stereocenters. The molecule has 1 saturated heterocycles. The van der Waals surface area contributed by atoms with E-state index in [0.717, 1.165) is 24.8 Å². The number of amides is 1. The van der Waals surface area contributed by atoms with Gasteiger partial charge in [0.05, 0.1) is 25.2 Å². The van der Waals surface area contributed by atoms with Crippen molar-refractivity contribution in [3.05, 3.63) is 84.5 Å². The van der Waals surface area contributed by atoms with Crippen molar-refractivity contribution in [1.82, 2.24) is 15.3 Å². The SMILES string of the molecule is C=CC1=C(C=C)CC(NC(=O)C2(Cc3ccccc3)CCN(c3nc(N)c4cc(OC)c(OC)cc4n3)CC2)CC1. The summed E-state index contributed by atoms with van der Waals surface area (Å²) in [4.78, 5) is 25.7.